The molecule has 6 rings (SSSR count). The molecule has 1 N–H and O–H groups in total. The molecule has 1 aliphatic heterocycles. The summed E-state index contributed by atoms with van der Waals surface area (Å²) in [6, 6.07) is 10.7. The fourth-order valence-electron chi connectivity index (χ4n) is 6.37. The van der Waals surface area contributed by atoms with Crippen LogP contribution in [0.2, 0.25) is 0 Å². The number of nitriles is 1. The summed E-state index contributed by atoms with van der Waals surface area (Å²) in [5.74, 6) is 0.679. The molecule has 4 aromatic rings. The molecule has 4 heterocycles. The number of likely N-dealkylation sites (tertiary alicyclic amines) is 1. The summed E-state index contributed by atoms with van der Waals surface area (Å²) >= 11 is 0. The average Bonchev–Trinajstić information content (AvgIpc) is 3.49. The molecule has 0 spiro atoms. The number of nitrogens with zero attached hydrogens (tertiary/aromatic N) is 5. The predicted octanol–water partition coefficient (Wildman–Crippen LogP) is 5.87. The van der Waals surface area contributed by atoms with Gasteiger partial charge in [-0.1, -0.05) is 25.5 Å². The van der Waals surface area contributed by atoms with Crippen molar-refractivity contribution >= 4 is 5.52 Å². The fraction of sp³-hybridized carbons (Fsp3) is 0.433. The Morgan fingerprint density at radius 1 is 1.18 bits per heavy atom. The van der Waals surface area contributed by atoms with E-state index < -0.39 is 17.4 Å². The lowest BCUT2D eigenvalue weighted by atomic mass is 9.71. The number of H-pyrrole nitrogens is 1. The normalized spacial score (nSPS) is 19.4. The topological polar surface area (TPSA) is 82.1 Å². The number of halogens is 3. The van der Waals surface area contributed by atoms with Gasteiger partial charge in [-0.3, -0.25) is 19.0 Å². The fourth-order valence-corrected chi connectivity index (χ4v) is 6.37. The van der Waals surface area contributed by atoms with Gasteiger partial charge in [0.1, 0.15) is 6.07 Å². The van der Waals surface area contributed by atoms with Crippen LogP contribution in [0, 0.1) is 23.2 Å². The lowest BCUT2D eigenvalue weighted by Crippen LogP contribution is -2.34. The molecule has 0 bridgehead atoms. The van der Waals surface area contributed by atoms with Crippen LogP contribution < -0.4 is 5.69 Å². The molecule has 0 unspecified atom stereocenters. The monoisotopic (exact) mass is 548 g/mol. The highest BCUT2D eigenvalue weighted by Gasteiger charge is 2.35. The first-order chi connectivity index (χ1) is 19.2. The lowest BCUT2D eigenvalue weighted by Gasteiger charge is -2.34. The quantitative estimate of drug-likeness (QED) is 0.327. The van der Waals surface area contributed by atoms with Crippen molar-refractivity contribution in [2.75, 3.05) is 13.1 Å². The maximum atomic E-state index is 14.2. The molecule has 2 atom stereocenters. The summed E-state index contributed by atoms with van der Waals surface area (Å²) in [6.07, 6.45) is 4.96. The smallest absolute Gasteiger partial charge is 0.299 e. The highest BCUT2D eigenvalue weighted by molar-refractivity contribution is 5.58. The van der Waals surface area contributed by atoms with E-state index in [-0.39, 0.29) is 11.4 Å². The number of piperidine rings is 1. The van der Waals surface area contributed by atoms with Crippen molar-refractivity contribution in [1.29, 1.82) is 5.26 Å². The molecule has 1 aliphatic carbocycles. The van der Waals surface area contributed by atoms with E-state index in [0.29, 0.717) is 35.2 Å². The molecular formula is C30H31F3N6O. The Morgan fingerprint density at radius 2 is 2.00 bits per heavy atom. The van der Waals surface area contributed by atoms with E-state index in [1.807, 2.05) is 12.1 Å². The number of fused-ring (bicyclic) bond motifs is 1. The van der Waals surface area contributed by atoms with Crippen molar-refractivity contribution < 1.29 is 13.2 Å². The number of hydrogen-bond donors (Lipinski definition) is 1. The van der Waals surface area contributed by atoms with Crippen LogP contribution in [-0.2, 0) is 12.7 Å². The summed E-state index contributed by atoms with van der Waals surface area (Å²) in [6.45, 7) is 4.18. The van der Waals surface area contributed by atoms with Crippen LogP contribution in [0.15, 0.2) is 53.7 Å². The van der Waals surface area contributed by atoms with E-state index in [1.54, 1.807) is 18.3 Å². The zero-order chi connectivity index (χ0) is 28.0. The maximum absolute atomic E-state index is 14.2. The summed E-state index contributed by atoms with van der Waals surface area (Å²) in [5.41, 5.74) is 1.50. The summed E-state index contributed by atoms with van der Waals surface area (Å²) in [5, 5.41) is 16.7. The minimum Gasteiger partial charge on any atom is -0.299 e. The third-order valence-corrected chi connectivity index (χ3v) is 8.51. The second kappa shape index (κ2) is 10.3. The highest BCUT2D eigenvalue weighted by atomic mass is 19.4. The van der Waals surface area contributed by atoms with Gasteiger partial charge in [0.25, 0.3) is 0 Å². The van der Waals surface area contributed by atoms with Gasteiger partial charge in [0.05, 0.1) is 34.2 Å². The number of benzene rings is 1. The van der Waals surface area contributed by atoms with Gasteiger partial charge in [0.2, 0.25) is 0 Å². The Hall–Kier alpha value is -3.84. The number of imidazole rings is 1. The molecule has 0 amide bonds. The highest BCUT2D eigenvalue weighted by Crippen LogP contribution is 2.44. The van der Waals surface area contributed by atoms with Gasteiger partial charge in [-0.25, -0.2) is 4.79 Å². The molecule has 2 aliphatic rings. The Morgan fingerprint density at radius 3 is 2.70 bits per heavy atom. The molecular weight excluding hydrogens is 517 g/mol. The molecule has 208 valence electrons. The lowest BCUT2D eigenvalue weighted by molar-refractivity contribution is -0.136. The van der Waals surface area contributed by atoms with E-state index in [0.717, 1.165) is 60.9 Å². The van der Waals surface area contributed by atoms with Crippen molar-refractivity contribution in [1.82, 2.24) is 24.1 Å². The summed E-state index contributed by atoms with van der Waals surface area (Å²) < 4.78 is 45.1. The predicted molar refractivity (Wildman–Crippen MR) is 144 cm³/mol. The van der Waals surface area contributed by atoms with E-state index in [1.165, 1.54) is 23.0 Å². The molecule has 1 saturated carbocycles. The summed E-state index contributed by atoms with van der Waals surface area (Å²) in [7, 11) is 0. The minimum atomic E-state index is -4.61. The third kappa shape index (κ3) is 4.83. The molecule has 1 saturated heterocycles. The van der Waals surface area contributed by atoms with Gasteiger partial charge in [-0.05, 0) is 73.4 Å². The van der Waals surface area contributed by atoms with Gasteiger partial charge < -0.3 is 0 Å². The number of rotatable bonds is 6. The number of aromatic amines is 1. The number of hydrogen-bond acceptors (Lipinski definition) is 4. The van der Waals surface area contributed by atoms with Gasteiger partial charge >= 0.3 is 11.9 Å². The number of pyridine rings is 1. The number of nitrogens with one attached hydrogen (secondary N) is 1. The molecule has 0 radical (unpaired) electrons. The first-order valence-corrected chi connectivity index (χ1v) is 13.8. The Bertz CT molecular complexity index is 1640. The zero-order valence-corrected chi connectivity index (χ0v) is 22.3. The maximum Gasteiger partial charge on any atom is 0.418 e. The van der Waals surface area contributed by atoms with Crippen LogP contribution in [0.3, 0.4) is 0 Å². The van der Waals surface area contributed by atoms with Crippen LogP contribution in [0.25, 0.3) is 11.2 Å². The van der Waals surface area contributed by atoms with E-state index >= 15 is 0 Å². The first kappa shape index (κ1) is 26.4. The molecule has 10 heteroatoms. The molecule has 1 aromatic carbocycles. The van der Waals surface area contributed by atoms with E-state index in [9.17, 15) is 23.2 Å². The number of alkyl halides is 3. The van der Waals surface area contributed by atoms with Gasteiger partial charge in [-0.15, -0.1) is 0 Å². The van der Waals surface area contributed by atoms with Crippen molar-refractivity contribution in [3.8, 4) is 11.8 Å². The SMILES string of the molecule is C[C@H]1CCCN(Cc2cc(C(F)(F)F)c3cn(-c4cccc([C@@H](c5[nH]ncc5C#N)C5CCC5)c4)c(=O)n3c2)C1. The second-order valence-corrected chi connectivity index (χ2v) is 11.4. The Labute approximate surface area is 229 Å². The standard InChI is InChI=1S/C30H31F3N6O/c1-19-5-4-10-37(15-19)16-20-11-25(30(31,32)33)26-18-38(29(40)39(26)17-20)24-9-3-8-22(12-24)27(21-6-2-7-21)28-23(13-34)14-35-36-28/h3,8-9,11-12,14,17-19,21,27H,2,4-7,10,15-16H2,1H3,(H,35,36)/t19-,27-/m0/s1. The van der Waals surface area contributed by atoms with Crippen LogP contribution in [0.1, 0.15) is 72.9 Å². The van der Waals surface area contributed by atoms with E-state index in [4.69, 9.17) is 0 Å². The van der Waals surface area contributed by atoms with Gasteiger partial charge in [0.15, 0.2) is 0 Å². The molecule has 40 heavy (non-hydrogen) atoms. The van der Waals surface area contributed by atoms with Crippen molar-refractivity contribution in [2.24, 2.45) is 11.8 Å². The largest absolute Gasteiger partial charge is 0.418 e. The van der Waals surface area contributed by atoms with Crippen LogP contribution in [0.5, 0.6) is 0 Å². The van der Waals surface area contributed by atoms with Crippen LogP contribution in [-0.4, -0.2) is 37.2 Å². The van der Waals surface area contributed by atoms with Crippen LogP contribution in [0.4, 0.5) is 13.2 Å². The van der Waals surface area contributed by atoms with Crippen molar-refractivity contribution in [2.45, 2.75) is 57.7 Å². The third-order valence-electron chi connectivity index (χ3n) is 8.51. The van der Waals surface area contributed by atoms with Crippen molar-refractivity contribution in [3.63, 3.8) is 0 Å². The Kier molecular flexibility index (Phi) is 6.78. The summed E-state index contributed by atoms with van der Waals surface area (Å²) in [4.78, 5) is 15.8. The molecule has 7 nitrogen and oxygen atoms in total. The molecule has 3 aromatic heterocycles. The van der Waals surface area contributed by atoms with Crippen LogP contribution >= 0.6 is 0 Å². The first-order valence-electron chi connectivity index (χ1n) is 13.8. The Balaban J connectivity index is 1.43. The zero-order valence-electron chi connectivity index (χ0n) is 22.3. The number of aromatic nitrogens is 4. The molecule has 2 fully saturated rings. The average molecular weight is 549 g/mol. The van der Waals surface area contributed by atoms with E-state index in [2.05, 4.69) is 28.1 Å². The van der Waals surface area contributed by atoms with Crippen molar-refractivity contribution in [3.05, 3.63) is 87.4 Å². The van der Waals surface area contributed by atoms with Gasteiger partial charge in [0, 0.05) is 31.4 Å². The second-order valence-electron chi connectivity index (χ2n) is 11.4. The van der Waals surface area contributed by atoms with Gasteiger partial charge in [-0.2, -0.15) is 23.5 Å². The minimum absolute atomic E-state index is 0.122.